The van der Waals surface area contributed by atoms with Crippen LogP contribution < -0.4 is 0 Å². The first kappa shape index (κ1) is 12.3. The van der Waals surface area contributed by atoms with Crippen molar-refractivity contribution < 1.29 is 19.7 Å². The Hall–Kier alpha value is -2.75. The van der Waals surface area contributed by atoms with Gasteiger partial charge in [0.2, 0.25) is 5.76 Å². The minimum absolute atomic E-state index is 0.442. The summed E-state index contributed by atoms with van der Waals surface area (Å²) in [5.74, 6) is -2.07. The normalized spacial score (nSPS) is 18.2. The van der Waals surface area contributed by atoms with Crippen LogP contribution in [0.2, 0.25) is 0 Å². The van der Waals surface area contributed by atoms with Gasteiger partial charge >= 0.3 is 5.97 Å². The first-order valence-corrected chi connectivity index (χ1v) is 6.15. The lowest BCUT2D eigenvalue weighted by Crippen LogP contribution is -2.03. The molecule has 1 aliphatic heterocycles. The number of hydrogen-bond donors (Lipinski definition) is 2. The summed E-state index contributed by atoms with van der Waals surface area (Å²) in [5, 5.41) is 18.9. The maximum absolute atomic E-state index is 11.2. The summed E-state index contributed by atoms with van der Waals surface area (Å²) < 4.78 is 4.90. The first-order chi connectivity index (χ1) is 9.66. The molecule has 1 atom stereocenters. The van der Waals surface area contributed by atoms with Crippen LogP contribution in [0.15, 0.2) is 66.1 Å². The monoisotopic (exact) mass is 268 g/mol. The van der Waals surface area contributed by atoms with Crippen molar-refractivity contribution in [2.45, 2.75) is 6.10 Å². The number of esters is 1. The number of rotatable bonds is 2. The summed E-state index contributed by atoms with van der Waals surface area (Å²) in [7, 11) is 0. The molecule has 100 valence electrons. The van der Waals surface area contributed by atoms with Gasteiger partial charge in [-0.2, -0.15) is 0 Å². The Morgan fingerprint density at radius 1 is 0.850 bits per heavy atom. The van der Waals surface area contributed by atoms with Gasteiger partial charge in [0.15, 0.2) is 11.9 Å². The number of ether oxygens (including phenoxy) is 1. The lowest BCUT2D eigenvalue weighted by molar-refractivity contribution is -0.142. The number of hydrogen-bond acceptors (Lipinski definition) is 4. The summed E-state index contributed by atoms with van der Waals surface area (Å²) in [5.41, 5.74) is 2.70. The molecule has 0 bridgehead atoms. The van der Waals surface area contributed by atoms with Gasteiger partial charge in [-0.3, -0.25) is 0 Å². The van der Waals surface area contributed by atoms with Crippen LogP contribution in [0.4, 0.5) is 0 Å². The Labute approximate surface area is 115 Å². The Morgan fingerprint density at radius 2 is 1.45 bits per heavy atom. The van der Waals surface area contributed by atoms with E-state index in [-0.39, 0.29) is 0 Å². The average Bonchev–Trinajstić information content (AvgIpc) is 2.76. The summed E-state index contributed by atoms with van der Waals surface area (Å²) in [6.07, 6.45) is -0.924. The van der Waals surface area contributed by atoms with E-state index in [4.69, 9.17) is 4.74 Å². The molecule has 2 aromatic carbocycles. The Kier molecular flexibility index (Phi) is 2.91. The predicted molar refractivity (Wildman–Crippen MR) is 73.0 cm³/mol. The van der Waals surface area contributed by atoms with Crippen molar-refractivity contribution in [3.05, 3.63) is 71.7 Å². The third kappa shape index (κ3) is 2.01. The topological polar surface area (TPSA) is 66.8 Å². The van der Waals surface area contributed by atoms with E-state index in [0.717, 1.165) is 11.1 Å². The highest BCUT2D eigenvalue weighted by molar-refractivity contribution is 5.89. The van der Waals surface area contributed by atoms with E-state index in [0.29, 0.717) is 5.56 Å². The number of cyclic esters (lactones) is 1. The highest BCUT2D eigenvalue weighted by Gasteiger charge is 2.35. The summed E-state index contributed by atoms with van der Waals surface area (Å²) in [6.45, 7) is 0. The van der Waals surface area contributed by atoms with E-state index in [1.54, 1.807) is 12.1 Å². The minimum Gasteiger partial charge on any atom is -0.505 e. The van der Waals surface area contributed by atoms with Gasteiger partial charge < -0.3 is 14.9 Å². The fourth-order valence-electron chi connectivity index (χ4n) is 2.15. The van der Waals surface area contributed by atoms with E-state index in [2.05, 4.69) is 0 Å². The zero-order chi connectivity index (χ0) is 14.1. The molecule has 2 aromatic rings. The molecule has 0 aliphatic carbocycles. The van der Waals surface area contributed by atoms with Gasteiger partial charge in [-0.05, 0) is 11.1 Å². The summed E-state index contributed by atoms with van der Waals surface area (Å²) in [6, 6.07) is 17.1. The van der Waals surface area contributed by atoms with E-state index < -0.39 is 23.6 Å². The van der Waals surface area contributed by atoms with Crippen molar-refractivity contribution in [1.29, 1.82) is 0 Å². The second kappa shape index (κ2) is 4.74. The zero-order valence-electron chi connectivity index (χ0n) is 10.5. The lowest BCUT2D eigenvalue weighted by atomic mass is 10.0. The Balaban J connectivity index is 1.90. The van der Waals surface area contributed by atoms with Crippen LogP contribution in [0.25, 0.3) is 11.1 Å². The molecular weight excluding hydrogens is 256 g/mol. The minimum atomic E-state index is -0.924. The van der Waals surface area contributed by atoms with Crippen molar-refractivity contribution >= 4 is 5.97 Å². The van der Waals surface area contributed by atoms with Crippen LogP contribution in [0, 0.1) is 0 Å². The molecule has 20 heavy (non-hydrogen) atoms. The number of aliphatic hydroxyl groups is 2. The predicted octanol–water partition coefficient (Wildman–Crippen LogP) is 3.28. The molecule has 2 N–H and O–H groups in total. The molecule has 3 rings (SSSR count). The van der Waals surface area contributed by atoms with Gasteiger partial charge in [0.05, 0.1) is 0 Å². The highest BCUT2D eigenvalue weighted by Crippen LogP contribution is 2.33. The lowest BCUT2D eigenvalue weighted by Gasteiger charge is -2.11. The van der Waals surface area contributed by atoms with Gasteiger partial charge in [0.1, 0.15) is 0 Å². The Morgan fingerprint density at radius 3 is 2.00 bits per heavy atom. The smallest absolute Gasteiger partial charge is 0.378 e. The molecule has 0 spiro atoms. The number of aliphatic hydroxyl groups excluding tert-OH is 2. The average molecular weight is 268 g/mol. The maximum Gasteiger partial charge on any atom is 0.378 e. The third-order valence-electron chi connectivity index (χ3n) is 3.23. The molecule has 0 saturated carbocycles. The fourth-order valence-corrected chi connectivity index (χ4v) is 2.15. The SMILES string of the molecule is O=C1O[C@@H](c2ccc(-c3ccccc3)cc2)C(O)=C1O. The van der Waals surface area contributed by atoms with Gasteiger partial charge in [-0.15, -0.1) is 0 Å². The largest absolute Gasteiger partial charge is 0.505 e. The van der Waals surface area contributed by atoms with Crippen molar-refractivity contribution in [2.24, 2.45) is 0 Å². The number of carbonyl (C=O) groups excluding carboxylic acids is 1. The molecule has 1 aliphatic rings. The van der Waals surface area contributed by atoms with Crippen molar-refractivity contribution in [1.82, 2.24) is 0 Å². The second-order valence-electron chi connectivity index (χ2n) is 4.51. The van der Waals surface area contributed by atoms with Crippen LogP contribution in [0.1, 0.15) is 11.7 Å². The highest BCUT2D eigenvalue weighted by atomic mass is 16.6. The third-order valence-corrected chi connectivity index (χ3v) is 3.23. The molecule has 0 aromatic heterocycles. The standard InChI is InChI=1S/C16H12O4/c17-13-14(18)16(19)20-15(13)12-8-6-11(7-9-12)10-4-2-1-3-5-10/h1-9,15,17-18H/t15-/m0/s1. The summed E-state index contributed by atoms with van der Waals surface area (Å²) in [4.78, 5) is 11.2. The van der Waals surface area contributed by atoms with E-state index >= 15 is 0 Å². The van der Waals surface area contributed by atoms with Gasteiger partial charge in [-0.25, -0.2) is 4.79 Å². The molecule has 0 saturated heterocycles. The number of carbonyl (C=O) groups is 1. The Bertz CT molecular complexity index is 671. The van der Waals surface area contributed by atoms with Crippen molar-refractivity contribution in [3.8, 4) is 11.1 Å². The summed E-state index contributed by atoms with van der Waals surface area (Å²) >= 11 is 0. The quantitative estimate of drug-likeness (QED) is 0.820. The van der Waals surface area contributed by atoms with Crippen LogP contribution in [-0.4, -0.2) is 16.2 Å². The molecule has 0 radical (unpaired) electrons. The van der Waals surface area contributed by atoms with E-state index in [1.165, 1.54) is 0 Å². The molecular formula is C16H12O4. The molecule has 0 unspecified atom stereocenters. The van der Waals surface area contributed by atoms with Crippen LogP contribution in [0.5, 0.6) is 0 Å². The van der Waals surface area contributed by atoms with Gasteiger partial charge in [-0.1, -0.05) is 54.6 Å². The maximum atomic E-state index is 11.2. The number of benzene rings is 2. The van der Waals surface area contributed by atoms with Gasteiger partial charge in [0.25, 0.3) is 0 Å². The van der Waals surface area contributed by atoms with Gasteiger partial charge in [0, 0.05) is 5.56 Å². The molecule has 4 heteroatoms. The van der Waals surface area contributed by atoms with Crippen LogP contribution in [-0.2, 0) is 9.53 Å². The molecule has 4 nitrogen and oxygen atoms in total. The molecule has 1 heterocycles. The zero-order valence-corrected chi connectivity index (χ0v) is 10.5. The van der Waals surface area contributed by atoms with Crippen LogP contribution >= 0.6 is 0 Å². The van der Waals surface area contributed by atoms with Crippen molar-refractivity contribution in [2.75, 3.05) is 0 Å². The van der Waals surface area contributed by atoms with E-state index in [9.17, 15) is 15.0 Å². The molecule has 0 amide bonds. The van der Waals surface area contributed by atoms with Crippen LogP contribution in [0.3, 0.4) is 0 Å². The molecule has 0 fully saturated rings. The van der Waals surface area contributed by atoms with E-state index in [1.807, 2.05) is 42.5 Å². The second-order valence-corrected chi connectivity index (χ2v) is 4.51. The van der Waals surface area contributed by atoms with Crippen molar-refractivity contribution in [3.63, 3.8) is 0 Å². The fraction of sp³-hybridized carbons (Fsp3) is 0.0625. The first-order valence-electron chi connectivity index (χ1n) is 6.15.